The lowest BCUT2D eigenvalue weighted by molar-refractivity contribution is 1.62. The molecule has 0 heteroatoms. The van der Waals surface area contributed by atoms with Gasteiger partial charge in [0.25, 0.3) is 0 Å². The predicted molar refractivity (Wildman–Crippen MR) is 631 cm³/mol. The molecule has 29 aromatic carbocycles. The summed E-state index contributed by atoms with van der Waals surface area (Å²) in [5.74, 6) is 0. The Labute approximate surface area is 863 Å². The Morgan fingerprint density at radius 1 is 0.0959 bits per heavy atom. The van der Waals surface area contributed by atoms with Crippen LogP contribution < -0.4 is 0 Å². The minimum absolute atomic E-state index is 0.194. The fraction of sp³-hybridized carbons (Fsp3) is 0. The van der Waals surface area contributed by atoms with Crippen molar-refractivity contribution in [1.82, 2.24) is 0 Å². The van der Waals surface area contributed by atoms with Crippen LogP contribution in [0.1, 0.15) is 13.7 Å². The van der Waals surface area contributed by atoms with Crippen molar-refractivity contribution in [3.8, 4) is 122 Å². The lowest BCUT2D eigenvalue weighted by Crippen LogP contribution is -1.92. The van der Waals surface area contributed by atoms with Crippen LogP contribution in [0.2, 0.25) is 0 Å². The summed E-state index contributed by atoms with van der Waals surface area (Å²) in [7, 11) is 0. The third kappa shape index (κ3) is 16.2. The van der Waals surface area contributed by atoms with Crippen molar-refractivity contribution in [3.05, 3.63) is 582 Å². The third-order valence-electron chi connectivity index (χ3n) is 29.1. The van der Waals surface area contributed by atoms with Gasteiger partial charge in [-0.2, -0.15) is 0 Å². The molecule has 0 N–H and O–H groups in total. The smallest absolute Gasteiger partial charge is 0.0622 e. The summed E-state index contributed by atoms with van der Waals surface area (Å²) < 4.78 is 84.5. The standard InChI is InChI=1S/C40H26.2C36H24.C34H22/c1-2-11-28(12-3-1)39-35-14-6-8-16-37(35)40(38-17-9-7-15-36(38)39)34-23-22-32-25-31(20-21-33(32)26-34)30-19-18-27-10-4-5-13-29(27)24-30;1-3-11-25(12-4-1)27-19-20-29-24-30(22-21-28(29)23-27)36-33-17-9-7-15-31(33)35(26-13-5-2-6-14-26)32-16-8-10-18-34(32)36;1-2-11-27(12-3-1)35-31-14-6-8-16-33(31)36(34-17-9-7-15-32(34)35)28-21-18-26(19-22-28)30-23-20-25-10-4-5-13-29(25)24-30;1-2-12-23(13-3-1)33-28-18-8-10-20-30(28)34(31-21-11-9-19-29(31)33)32-22-24-14-4-5-15-25(24)26-16-6-7-17-27(26)32/h1-26H;2*1-24H;1-22H/i;;1D,2D,3D,11D,12D;1D,2D,3D,12D,13D. The summed E-state index contributed by atoms with van der Waals surface area (Å²) in [5, 5.41) is 32.2. The van der Waals surface area contributed by atoms with Crippen LogP contribution >= 0.6 is 0 Å². The zero-order valence-electron chi connectivity index (χ0n) is 89.7. The Morgan fingerprint density at radius 3 is 0.603 bits per heavy atom. The number of rotatable bonds is 11. The van der Waals surface area contributed by atoms with E-state index in [0.717, 1.165) is 87.2 Å². The Hall–Kier alpha value is -19.0. The first-order valence-corrected chi connectivity index (χ1v) is 49.7. The van der Waals surface area contributed by atoms with Crippen molar-refractivity contribution < 1.29 is 13.7 Å². The van der Waals surface area contributed by atoms with Crippen molar-refractivity contribution in [2.45, 2.75) is 0 Å². The second-order valence-electron chi connectivity index (χ2n) is 37.4. The highest BCUT2D eigenvalue weighted by molar-refractivity contribution is 6.28. The van der Waals surface area contributed by atoms with Crippen molar-refractivity contribution in [1.29, 1.82) is 0 Å². The highest BCUT2D eigenvalue weighted by atomic mass is 14.3. The van der Waals surface area contributed by atoms with Crippen LogP contribution in [0.3, 0.4) is 0 Å². The number of hydrogen-bond acceptors (Lipinski definition) is 0. The molecule has 0 saturated carbocycles. The van der Waals surface area contributed by atoms with E-state index < -0.39 is 0 Å². The van der Waals surface area contributed by atoms with Gasteiger partial charge >= 0.3 is 0 Å². The maximum Gasteiger partial charge on any atom is 0.0629 e. The summed E-state index contributed by atoms with van der Waals surface area (Å²) in [6.07, 6.45) is 0. The van der Waals surface area contributed by atoms with Crippen LogP contribution in [0.25, 0.3) is 273 Å². The SMILES string of the molecule is [2H]c1c([2H])c([2H])c(-c2c3ccccc3c(-c3cc4ccccc4c4ccccc34)c3ccccc23)c([2H])c1[2H].[2H]c1c([2H])c([2H])c(-c2c3ccccc3c(-c3ccc(-c4ccc5ccccc5c4)cc3)c3ccccc23)c([2H])c1[2H].c1ccc(-c2c3ccccc3c(-c3ccc4cc(-c5ccc6ccccc6c5)ccc4c3)c3ccccc23)cc1.c1ccc(-c2ccc3cc(-c4c5ccccc5c(-c5ccccc5)c5ccccc45)ccc3c2)cc1. The van der Waals surface area contributed by atoms with Crippen LogP contribution in [0.5, 0.6) is 0 Å². The van der Waals surface area contributed by atoms with E-state index in [9.17, 15) is 0 Å². The van der Waals surface area contributed by atoms with Gasteiger partial charge in [-0.1, -0.05) is 540 Å². The van der Waals surface area contributed by atoms with Gasteiger partial charge in [0.05, 0.1) is 13.7 Å². The minimum Gasteiger partial charge on any atom is -0.0622 e. The van der Waals surface area contributed by atoms with E-state index in [0.29, 0.717) is 11.1 Å². The fourth-order valence-electron chi connectivity index (χ4n) is 22.5. The molecule has 146 heavy (non-hydrogen) atoms. The second kappa shape index (κ2) is 38.2. The number of fused-ring (bicyclic) bond motifs is 15. The normalized spacial score (nSPS) is 12.4. The van der Waals surface area contributed by atoms with Crippen molar-refractivity contribution >= 4 is 151 Å². The Morgan fingerprint density at radius 2 is 0.281 bits per heavy atom. The summed E-state index contributed by atoms with van der Waals surface area (Å²) in [6.45, 7) is 0. The monoisotopic (exact) mass is 1860 g/mol. The van der Waals surface area contributed by atoms with Crippen LogP contribution in [0.15, 0.2) is 582 Å². The molecule has 680 valence electrons. The van der Waals surface area contributed by atoms with Crippen molar-refractivity contribution in [2.75, 3.05) is 0 Å². The molecule has 0 heterocycles. The zero-order chi connectivity index (χ0) is 105. The Bertz CT molecular complexity index is 10500. The molecule has 0 nitrogen and oxygen atoms in total. The van der Waals surface area contributed by atoms with Gasteiger partial charge < -0.3 is 0 Å². The molecule has 0 aliphatic rings. The van der Waals surface area contributed by atoms with Gasteiger partial charge in [0.2, 0.25) is 0 Å². The molecule has 0 amide bonds. The molecular formula is C146H96. The fourth-order valence-corrected chi connectivity index (χ4v) is 22.5. The van der Waals surface area contributed by atoms with Gasteiger partial charge in [0.1, 0.15) is 0 Å². The Balaban J connectivity index is 0.000000104. The maximum absolute atomic E-state index is 8.77. The molecule has 0 radical (unpaired) electrons. The van der Waals surface area contributed by atoms with Gasteiger partial charge in [-0.3, -0.25) is 0 Å². The van der Waals surface area contributed by atoms with Crippen LogP contribution in [0, 0.1) is 0 Å². The summed E-state index contributed by atoms with van der Waals surface area (Å²) in [5.41, 5.74) is 23.5. The average molecular weight is 1860 g/mol. The minimum atomic E-state index is -0.388. The van der Waals surface area contributed by atoms with E-state index in [1.54, 1.807) is 0 Å². The topological polar surface area (TPSA) is 0 Å². The molecule has 0 aliphatic heterocycles. The van der Waals surface area contributed by atoms with Gasteiger partial charge in [0, 0.05) is 0 Å². The third-order valence-corrected chi connectivity index (χ3v) is 29.1. The molecule has 0 atom stereocenters. The molecule has 0 spiro atoms. The van der Waals surface area contributed by atoms with Crippen molar-refractivity contribution in [2.24, 2.45) is 0 Å². The molecule has 29 rings (SSSR count). The van der Waals surface area contributed by atoms with Gasteiger partial charge in [-0.25, -0.2) is 0 Å². The van der Waals surface area contributed by atoms with Crippen LogP contribution in [-0.2, 0) is 0 Å². The lowest BCUT2D eigenvalue weighted by Gasteiger charge is -2.19. The molecule has 0 aromatic heterocycles. The van der Waals surface area contributed by atoms with Crippen LogP contribution in [-0.4, -0.2) is 0 Å². The second-order valence-corrected chi connectivity index (χ2v) is 37.4. The lowest BCUT2D eigenvalue weighted by atomic mass is 9.84. The average Bonchev–Trinajstić information content (AvgIpc) is 0.721. The largest absolute Gasteiger partial charge is 0.0629 e. The number of benzene rings is 29. The summed E-state index contributed by atoms with van der Waals surface area (Å²) in [4.78, 5) is 0. The number of hydrogen-bond donors (Lipinski definition) is 0. The quantitative estimate of drug-likeness (QED) is 0.0894. The van der Waals surface area contributed by atoms with Gasteiger partial charge in [-0.15, -0.1) is 0 Å². The first-order chi connectivity index (χ1) is 76.6. The Kier molecular flexibility index (Phi) is 20.1. The van der Waals surface area contributed by atoms with Crippen LogP contribution in [0.4, 0.5) is 0 Å². The zero-order valence-corrected chi connectivity index (χ0v) is 79.7. The summed E-state index contributed by atoms with van der Waals surface area (Å²) >= 11 is 0. The first-order valence-electron chi connectivity index (χ1n) is 54.7. The summed E-state index contributed by atoms with van der Waals surface area (Å²) in [6, 6.07) is 182. The van der Waals surface area contributed by atoms with E-state index in [1.165, 1.54) is 164 Å². The van der Waals surface area contributed by atoms with E-state index in [4.69, 9.17) is 13.7 Å². The highest BCUT2D eigenvalue weighted by Crippen LogP contribution is 2.52. The van der Waals surface area contributed by atoms with E-state index in [1.807, 2.05) is 84.9 Å². The van der Waals surface area contributed by atoms with Crippen molar-refractivity contribution in [3.63, 3.8) is 0 Å². The molecule has 0 fully saturated rings. The highest BCUT2D eigenvalue weighted by Gasteiger charge is 2.24. The van der Waals surface area contributed by atoms with E-state index in [-0.39, 0.29) is 71.6 Å². The molecule has 29 aromatic rings. The molecule has 0 saturated heterocycles. The van der Waals surface area contributed by atoms with E-state index in [2.05, 4.69) is 437 Å². The van der Waals surface area contributed by atoms with Gasteiger partial charge in [0.15, 0.2) is 0 Å². The molecule has 0 bridgehead atoms. The first kappa shape index (κ1) is 76.8. The molecule has 0 aliphatic carbocycles. The molecular weight excluding hydrogens is 1750 g/mol. The van der Waals surface area contributed by atoms with Gasteiger partial charge in [-0.05, 0) is 316 Å². The van der Waals surface area contributed by atoms with E-state index >= 15 is 0 Å². The molecule has 0 unspecified atom stereocenters. The predicted octanol–water partition coefficient (Wildman–Crippen LogP) is 41.2. The maximum atomic E-state index is 8.77.